The largest absolute Gasteiger partial charge is 0.370 e. The number of nitrogens with zero attached hydrogens (tertiary/aromatic N) is 2. The van der Waals surface area contributed by atoms with Crippen molar-refractivity contribution in [3.63, 3.8) is 0 Å². The Morgan fingerprint density at radius 1 is 1.41 bits per heavy atom. The van der Waals surface area contributed by atoms with Gasteiger partial charge in [-0.3, -0.25) is 9.79 Å². The summed E-state index contributed by atoms with van der Waals surface area (Å²) in [5, 5.41) is 2.97. The third-order valence-electron chi connectivity index (χ3n) is 3.23. The standard InChI is InChI=1S/C16H25BrN4O/c1-3-4-10-19-16(18)20-11-9-15(22)21(2)12-13-7-5-6-8-14(13)17/h5-8H,3-4,9-12H2,1-2H3,(H3,18,19,20). The van der Waals surface area contributed by atoms with E-state index in [0.29, 0.717) is 25.5 Å². The number of aliphatic imine (C=N–C) groups is 1. The number of carbonyl (C=O) groups is 1. The van der Waals surface area contributed by atoms with E-state index in [4.69, 9.17) is 5.73 Å². The molecule has 1 rings (SSSR count). The summed E-state index contributed by atoms with van der Waals surface area (Å²) in [5.41, 5.74) is 6.82. The van der Waals surface area contributed by atoms with Gasteiger partial charge in [0.2, 0.25) is 5.91 Å². The number of unbranched alkanes of at least 4 members (excludes halogenated alkanes) is 1. The summed E-state index contributed by atoms with van der Waals surface area (Å²) in [6.07, 6.45) is 2.51. The molecule has 3 N–H and O–H groups in total. The zero-order valence-corrected chi connectivity index (χ0v) is 14.9. The summed E-state index contributed by atoms with van der Waals surface area (Å²) in [5.74, 6) is 0.485. The monoisotopic (exact) mass is 368 g/mol. The highest BCUT2D eigenvalue weighted by atomic mass is 79.9. The first kappa shape index (κ1) is 18.5. The van der Waals surface area contributed by atoms with E-state index in [-0.39, 0.29) is 5.91 Å². The van der Waals surface area contributed by atoms with E-state index in [1.165, 1.54) is 0 Å². The van der Waals surface area contributed by atoms with E-state index in [2.05, 4.69) is 33.2 Å². The van der Waals surface area contributed by atoms with Crippen LogP contribution in [-0.2, 0) is 11.3 Å². The van der Waals surface area contributed by atoms with E-state index in [1.54, 1.807) is 11.9 Å². The second-order valence-corrected chi connectivity index (χ2v) is 5.99. The van der Waals surface area contributed by atoms with Crippen LogP contribution in [0.5, 0.6) is 0 Å². The number of benzene rings is 1. The van der Waals surface area contributed by atoms with Gasteiger partial charge in [-0.25, -0.2) is 0 Å². The minimum absolute atomic E-state index is 0.0737. The van der Waals surface area contributed by atoms with Gasteiger partial charge in [0, 0.05) is 37.6 Å². The molecule has 1 aromatic carbocycles. The second kappa shape index (κ2) is 10.2. The maximum atomic E-state index is 12.1. The number of rotatable bonds is 8. The normalized spacial score (nSPS) is 11.3. The van der Waals surface area contributed by atoms with Gasteiger partial charge in [0.25, 0.3) is 0 Å². The van der Waals surface area contributed by atoms with Crippen LogP contribution in [-0.4, -0.2) is 36.9 Å². The Balaban J connectivity index is 2.33. The van der Waals surface area contributed by atoms with E-state index in [9.17, 15) is 4.79 Å². The number of hydrogen-bond donors (Lipinski definition) is 2. The van der Waals surface area contributed by atoms with Crippen LogP contribution in [0.25, 0.3) is 0 Å². The Kier molecular flexibility index (Phi) is 8.58. The van der Waals surface area contributed by atoms with Crippen LogP contribution in [0.4, 0.5) is 0 Å². The fraction of sp³-hybridized carbons (Fsp3) is 0.500. The fourth-order valence-electron chi connectivity index (χ4n) is 1.87. The zero-order chi connectivity index (χ0) is 16.4. The maximum absolute atomic E-state index is 12.1. The van der Waals surface area contributed by atoms with Gasteiger partial charge in [-0.2, -0.15) is 0 Å². The Bertz CT molecular complexity index is 505. The van der Waals surface area contributed by atoms with Crippen molar-refractivity contribution >= 4 is 27.8 Å². The molecule has 122 valence electrons. The molecule has 6 heteroatoms. The lowest BCUT2D eigenvalue weighted by molar-refractivity contribution is -0.130. The molecule has 0 bridgehead atoms. The molecule has 0 aliphatic carbocycles. The minimum Gasteiger partial charge on any atom is -0.370 e. The number of carbonyl (C=O) groups excluding carboxylic acids is 1. The highest BCUT2D eigenvalue weighted by Gasteiger charge is 2.10. The smallest absolute Gasteiger partial charge is 0.224 e. The molecular formula is C16H25BrN4O. The average molecular weight is 369 g/mol. The van der Waals surface area contributed by atoms with E-state index >= 15 is 0 Å². The molecule has 0 heterocycles. The lowest BCUT2D eigenvalue weighted by Gasteiger charge is -2.18. The Hall–Kier alpha value is -1.56. The summed E-state index contributed by atoms with van der Waals surface area (Å²) in [4.78, 5) is 18.0. The molecule has 0 unspecified atom stereocenters. The molecule has 0 aliphatic heterocycles. The highest BCUT2D eigenvalue weighted by molar-refractivity contribution is 9.10. The van der Waals surface area contributed by atoms with Gasteiger partial charge >= 0.3 is 0 Å². The third kappa shape index (κ3) is 6.93. The molecule has 0 aromatic heterocycles. The number of halogens is 1. The van der Waals surface area contributed by atoms with Gasteiger partial charge in [0.1, 0.15) is 0 Å². The predicted molar refractivity (Wildman–Crippen MR) is 94.6 cm³/mol. The van der Waals surface area contributed by atoms with Gasteiger partial charge in [-0.05, 0) is 18.1 Å². The molecule has 22 heavy (non-hydrogen) atoms. The van der Waals surface area contributed by atoms with Gasteiger partial charge < -0.3 is 16.0 Å². The molecule has 0 saturated carbocycles. The van der Waals surface area contributed by atoms with Crippen LogP contribution in [0, 0.1) is 0 Å². The summed E-state index contributed by atoms with van der Waals surface area (Å²) >= 11 is 3.49. The SMILES string of the molecule is CCCCN=C(N)NCCC(=O)N(C)Cc1ccccc1Br. The van der Waals surface area contributed by atoms with Crippen molar-refractivity contribution in [3.8, 4) is 0 Å². The van der Waals surface area contributed by atoms with Crippen molar-refractivity contribution in [2.45, 2.75) is 32.7 Å². The van der Waals surface area contributed by atoms with Crippen LogP contribution in [0.2, 0.25) is 0 Å². The van der Waals surface area contributed by atoms with Crippen LogP contribution in [0.3, 0.4) is 0 Å². The lowest BCUT2D eigenvalue weighted by atomic mass is 10.2. The first-order chi connectivity index (χ1) is 10.5. The molecule has 1 amide bonds. The molecule has 0 spiro atoms. The van der Waals surface area contributed by atoms with Gasteiger partial charge in [-0.15, -0.1) is 0 Å². The molecule has 0 fully saturated rings. The Morgan fingerprint density at radius 2 is 2.14 bits per heavy atom. The topological polar surface area (TPSA) is 70.7 Å². The van der Waals surface area contributed by atoms with Crippen molar-refractivity contribution in [2.75, 3.05) is 20.1 Å². The highest BCUT2D eigenvalue weighted by Crippen LogP contribution is 2.17. The lowest BCUT2D eigenvalue weighted by Crippen LogP contribution is -2.36. The molecular weight excluding hydrogens is 344 g/mol. The van der Waals surface area contributed by atoms with Crippen molar-refractivity contribution in [1.29, 1.82) is 0 Å². The Morgan fingerprint density at radius 3 is 2.82 bits per heavy atom. The molecule has 0 radical (unpaired) electrons. The van der Waals surface area contributed by atoms with E-state index in [1.807, 2.05) is 24.3 Å². The quantitative estimate of drug-likeness (QED) is 0.420. The average Bonchev–Trinajstić information content (AvgIpc) is 2.49. The van der Waals surface area contributed by atoms with Gasteiger partial charge in [0.05, 0.1) is 0 Å². The summed E-state index contributed by atoms with van der Waals surface area (Å²) in [7, 11) is 1.81. The van der Waals surface area contributed by atoms with Crippen molar-refractivity contribution < 1.29 is 4.79 Å². The van der Waals surface area contributed by atoms with Crippen LogP contribution >= 0.6 is 15.9 Å². The van der Waals surface area contributed by atoms with Crippen LogP contribution in [0.15, 0.2) is 33.7 Å². The van der Waals surface area contributed by atoms with Crippen LogP contribution < -0.4 is 11.1 Å². The molecule has 0 saturated heterocycles. The first-order valence-corrected chi connectivity index (χ1v) is 8.35. The summed E-state index contributed by atoms with van der Waals surface area (Å²) < 4.78 is 1.01. The predicted octanol–water partition coefficient (Wildman–Crippen LogP) is 2.50. The molecule has 0 atom stereocenters. The van der Waals surface area contributed by atoms with E-state index in [0.717, 1.165) is 29.4 Å². The van der Waals surface area contributed by atoms with Gasteiger partial charge in [0.15, 0.2) is 5.96 Å². The number of amides is 1. The third-order valence-corrected chi connectivity index (χ3v) is 4.00. The fourth-order valence-corrected chi connectivity index (χ4v) is 2.28. The zero-order valence-electron chi connectivity index (χ0n) is 13.3. The second-order valence-electron chi connectivity index (χ2n) is 5.14. The van der Waals surface area contributed by atoms with Gasteiger partial charge in [-0.1, -0.05) is 47.5 Å². The Labute approximate surface area is 141 Å². The summed E-state index contributed by atoms with van der Waals surface area (Å²) in [6, 6.07) is 7.90. The maximum Gasteiger partial charge on any atom is 0.224 e. The number of nitrogens with two attached hydrogens (primary N) is 1. The van der Waals surface area contributed by atoms with Crippen molar-refractivity contribution in [3.05, 3.63) is 34.3 Å². The number of hydrogen-bond acceptors (Lipinski definition) is 2. The first-order valence-electron chi connectivity index (χ1n) is 7.55. The summed E-state index contributed by atoms with van der Waals surface area (Å²) in [6.45, 7) is 3.92. The molecule has 0 aliphatic rings. The minimum atomic E-state index is 0.0737. The molecule has 1 aromatic rings. The number of guanidine groups is 1. The number of nitrogens with one attached hydrogen (secondary N) is 1. The van der Waals surface area contributed by atoms with E-state index < -0.39 is 0 Å². The van der Waals surface area contributed by atoms with Crippen LogP contribution in [0.1, 0.15) is 31.7 Å². The van der Waals surface area contributed by atoms with Crippen molar-refractivity contribution in [2.24, 2.45) is 10.7 Å². The molecule has 5 nitrogen and oxygen atoms in total. The van der Waals surface area contributed by atoms with Crippen molar-refractivity contribution in [1.82, 2.24) is 10.2 Å².